The topological polar surface area (TPSA) is 107 Å². The van der Waals surface area contributed by atoms with Crippen LogP contribution in [0.1, 0.15) is 5.56 Å². The molecule has 0 aliphatic rings. The van der Waals surface area contributed by atoms with Gasteiger partial charge in [0.2, 0.25) is 0 Å². The number of aromatic nitrogens is 2. The van der Waals surface area contributed by atoms with Gasteiger partial charge in [0, 0.05) is 29.4 Å². The Kier molecular flexibility index (Phi) is 4.92. The van der Waals surface area contributed by atoms with Crippen molar-refractivity contribution in [3.8, 4) is 0 Å². The molecule has 0 spiro atoms. The van der Waals surface area contributed by atoms with Gasteiger partial charge in [0.05, 0.1) is 16.4 Å². The quantitative estimate of drug-likeness (QED) is 0.511. The zero-order chi connectivity index (χ0) is 18.7. The summed E-state index contributed by atoms with van der Waals surface area (Å²) in [5.41, 5.74) is 0.645. The van der Waals surface area contributed by atoms with E-state index in [1.807, 2.05) is 12.1 Å². The number of sulfonamides is 1. The fourth-order valence-corrected chi connectivity index (χ4v) is 3.40. The number of hydrogen-bond acceptors (Lipinski definition) is 5. The molecule has 0 atom stereocenters. The number of anilines is 1. The Balaban J connectivity index is 1.76. The minimum absolute atomic E-state index is 0.116. The number of hydrogen-bond donors (Lipinski definition) is 1. The van der Waals surface area contributed by atoms with Crippen LogP contribution in [0.2, 0.25) is 5.02 Å². The maximum atomic E-state index is 12.4. The Morgan fingerprint density at radius 1 is 1.15 bits per heavy atom. The zero-order valence-corrected chi connectivity index (χ0v) is 14.8. The first-order valence-electron chi connectivity index (χ1n) is 7.39. The molecule has 10 heteroatoms. The summed E-state index contributed by atoms with van der Waals surface area (Å²) in [4.78, 5) is 9.94. The molecule has 2 aromatic carbocycles. The highest BCUT2D eigenvalue weighted by molar-refractivity contribution is 7.92. The van der Waals surface area contributed by atoms with Crippen LogP contribution in [-0.4, -0.2) is 23.1 Å². The Morgan fingerprint density at radius 3 is 2.58 bits per heavy atom. The lowest BCUT2D eigenvalue weighted by molar-refractivity contribution is -0.385. The molecule has 26 heavy (non-hydrogen) atoms. The molecule has 1 aromatic heterocycles. The highest BCUT2D eigenvalue weighted by Crippen LogP contribution is 2.20. The molecule has 0 unspecified atom stereocenters. The van der Waals surface area contributed by atoms with Gasteiger partial charge >= 0.3 is 0 Å². The summed E-state index contributed by atoms with van der Waals surface area (Å²) in [7, 11) is -3.98. The summed E-state index contributed by atoms with van der Waals surface area (Å²) in [6, 6.07) is 13.5. The molecular formula is C16H13ClN4O4S. The minimum Gasteiger partial charge on any atom is -0.266 e. The number of rotatable bonds is 6. The van der Waals surface area contributed by atoms with Crippen molar-refractivity contribution >= 4 is 33.1 Å². The largest absolute Gasteiger partial charge is 0.270 e. The molecule has 0 saturated carbocycles. The Morgan fingerprint density at radius 2 is 1.88 bits per heavy atom. The van der Waals surface area contributed by atoms with Crippen molar-refractivity contribution in [3.05, 3.63) is 81.5 Å². The summed E-state index contributed by atoms with van der Waals surface area (Å²) >= 11 is 5.84. The van der Waals surface area contributed by atoms with E-state index in [1.165, 1.54) is 24.3 Å². The molecule has 3 aromatic rings. The first kappa shape index (κ1) is 17.9. The lowest BCUT2D eigenvalue weighted by Crippen LogP contribution is -2.14. The predicted molar refractivity (Wildman–Crippen MR) is 96.7 cm³/mol. The first-order chi connectivity index (χ1) is 12.3. The van der Waals surface area contributed by atoms with E-state index in [0.717, 1.165) is 11.6 Å². The van der Waals surface area contributed by atoms with Crippen LogP contribution in [0.4, 0.5) is 11.5 Å². The van der Waals surface area contributed by atoms with Gasteiger partial charge in [-0.3, -0.25) is 19.5 Å². The molecule has 3 rings (SSSR count). The smallest absolute Gasteiger partial charge is 0.266 e. The lowest BCUT2D eigenvalue weighted by Gasteiger charge is -2.05. The van der Waals surface area contributed by atoms with Gasteiger partial charge in [0.15, 0.2) is 5.82 Å². The van der Waals surface area contributed by atoms with Crippen molar-refractivity contribution in [2.45, 2.75) is 11.4 Å². The number of benzene rings is 2. The third-order valence-electron chi connectivity index (χ3n) is 3.48. The van der Waals surface area contributed by atoms with Gasteiger partial charge < -0.3 is 0 Å². The van der Waals surface area contributed by atoms with Crippen LogP contribution in [0, 0.1) is 10.1 Å². The standard InChI is InChI=1S/C16H13ClN4O4S/c17-13-6-4-12(5-7-13)11-20-9-8-16(18-20)19-26(24,25)15-3-1-2-14(10-15)21(22)23/h1-10H,11H2,(H,18,19). The molecule has 0 aliphatic heterocycles. The molecule has 0 fully saturated rings. The number of nitrogens with one attached hydrogen (secondary N) is 1. The van der Waals surface area contributed by atoms with E-state index < -0.39 is 14.9 Å². The molecule has 1 heterocycles. The van der Waals surface area contributed by atoms with Crippen LogP contribution in [-0.2, 0) is 16.6 Å². The fourth-order valence-electron chi connectivity index (χ4n) is 2.24. The molecule has 0 amide bonds. The molecule has 0 saturated heterocycles. The highest BCUT2D eigenvalue weighted by Gasteiger charge is 2.18. The Bertz CT molecular complexity index is 1050. The van der Waals surface area contributed by atoms with E-state index in [0.29, 0.717) is 11.6 Å². The van der Waals surface area contributed by atoms with E-state index in [4.69, 9.17) is 11.6 Å². The number of non-ortho nitro benzene ring substituents is 1. The summed E-state index contributed by atoms with van der Waals surface area (Å²) in [6.07, 6.45) is 1.62. The highest BCUT2D eigenvalue weighted by atomic mass is 35.5. The minimum atomic E-state index is -3.98. The van der Waals surface area contributed by atoms with E-state index in [2.05, 4.69) is 9.82 Å². The van der Waals surface area contributed by atoms with E-state index in [1.54, 1.807) is 23.0 Å². The van der Waals surface area contributed by atoms with Crippen molar-refractivity contribution < 1.29 is 13.3 Å². The average molecular weight is 393 g/mol. The van der Waals surface area contributed by atoms with Crippen LogP contribution in [0.5, 0.6) is 0 Å². The average Bonchev–Trinajstić information content (AvgIpc) is 3.03. The van der Waals surface area contributed by atoms with Gasteiger partial charge in [-0.1, -0.05) is 29.8 Å². The fraction of sp³-hybridized carbons (Fsp3) is 0.0625. The van der Waals surface area contributed by atoms with Gasteiger partial charge in [-0.2, -0.15) is 5.10 Å². The molecule has 1 N–H and O–H groups in total. The second-order valence-corrected chi connectivity index (χ2v) is 7.50. The van der Waals surface area contributed by atoms with E-state index in [-0.39, 0.29) is 16.4 Å². The molecule has 8 nitrogen and oxygen atoms in total. The molecule has 0 aliphatic carbocycles. The zero-order valence-electron chi connectivity index (χ0n) is 13.2. The number of halogens is 1. The van der Waals surface area contributed by atoms with Crippen LogP contribution in [0.25, 0.3) is 0 Å². The van der Waals surface area contributed by atoms with Crippen LogP contribution < -0.4 is 4.72 Å². The number of nitrogens with zero attached hydrogens (tertiary/aromatic N) is 3. The SMILES string of the molecule is O=[N+]([O-])c1cccc(S(=O)(=O)Nc2ccn(Cc3ccc(Cl)cc3)n2)c1. The van der Waals surface area contributed by atoms with E-state index >= 15 is 0 Å². The van der Waals surface area contributed by atoms with Crippen molar-refractivity contribution in [3.63, 3.8) is 0 Å². The van der Waals surface area contributed by atoms with E-state index in [9.17, 15) is 18.5 Å². The van der Waals surface area contributed by atoms with Gasteiger partial charge in [-0.05, 0) is 23.8 Å². The monoisotopic (exact) mass is 392 g/mol. The maximum Gasteiger partial charge on any atom is 0.270 e. The van der Waals surface area contributed by atoms with Crippen molar-refractivity contribution in [1.29, 1.82) is 0 Å². The van der Waals surface area contributed by atoms with Crippen LogP contribution in [0.15, 0.2) is 65.7 Å². The summed E-state index contributed by atoms with van der Waals surface area (Å²) < 4.78 is 28.6. The van der Waals surface area contributed by atoms with Crippen molar-refractivity contribution in [1.82, 2.24) is 9.78 Å². The summed E-state index contributed by atoms with van der Waals surface area (Å²) in [5.74, 6) is 0.116. The van der Waals surface area contributed by atoms with Gasteiger partial charge in [0.1, 0.15) is 0 Å². The molecule has 0 bridgehead atoms. The molecule has 0 radical (unpaired) electrons. The van der Waals surface area contributed by atoms with Gasteiger partial charge in [0.25, 0.3) is 15.7 Å². The van der Waals surface area contributed by atoms with Gasteiger partial charge in [-0.15, -0.1) is 0 Å². The Labute approximate surface area is 154 Å². The number of nitro groups is 1. The summed E-state index contributed by atoms with van der Waals surface area (Å²) in [5, 5.41) is 15.6. The van der Waals surface area contributed by atoms with Crippen molar-refractivity contribution in [2.75, 3.05) is 4.72 Å². The lowest BCUT2D eigenvalue weighted by atomic mass is 10.2. The predicted octanol–water partition coefficient (Wildman–Crippen LogP) is 3.29. The third kappa shape index (κ3) is 4.19. The molecule has 134 valence electrons. The molecular weight excluding hydrogens is 380 g/mol. The third-order valence-corrected chi connectivity index (χ3v) is 5.08. The van der Waals surface area contributed by atoms with Crippen LogP contribution in [0.3, 0.4) is 0 Å². The first-order valence-corrected chi connectivity index (χ1v) is 9.25. The van der Waals surface area contributed by atoms with Crippen molar-refractivity contribution in [2.24, 2.45) is 0 Å². The Hall–Kier alpha value is -2.91. The normalized spacial score (nSPS) is 11.3. The van der Waals surface area contributed by atoms with Crippen LogP contribution >= 0.6 is 11.6 Å². The van der Waals surface area contributed by atoms with Gasteiger partial charge in [-0.25, -0.2) is 8.42 Å². The second-order valence-electron chi connectivity index (χ2n) is 5.38. The summed E-state index contributed by atoms with van der Waals surface area (Å²) in [6.45, 7) is 0.440. The second kappa shape index (κ2) is 7.14. The maximum absolute atomic E-state index is 12.4. The number of nitro benzene ring substituents is 1.